The molecule has 3 aliphatic heterocycles. The Morgan fingerprint density at radius 2 is 2.12 bits per heavy atom. The van der Waals surface area contributed by atoms with Gasteiger partial charge < -0.3 is 14.6 Å². The van der Waals surface area contributed by atoms with Crippen LogP contribution in [0.15, 0.2) is 22.1 Å². The zero-order chi connectivity index (χ0) is 24.0. The zero-order valence-corrected chi connectivity index (χ0v) is 21.4. The highest BCUT2D eigenvalue weighted by Crippen LogP contribution is 2.40. The third kappa shape index (κ3) is 3.54. The molecule has 0 bridgehead atoms. The minimum absolute atomic E-state index is 0.0478. The van der Waals surface area contributed by atoms with Gasteiger partial charge in [0.15, 0.2) is 0 Å². The molecule has 0 radical (unpaired) electrons. The van der Waals surface area contributed by atoms with Crippen LogP contribution >= 0.6 is 20.7 Å². The molecule has 3 aliphatic rings. The summed E-state index contributed by atoms with van der Waals surface area (Å²) in [6.07, 6.45) is 3.51. The number of carbonyl (C=O) groups is 1. The average Bonchev–Trinajstić information content (AvgIpc) is 3.21. The van der Waals surface area contributed by atoms with Crippen molar-refractivity contribution < 1.29 is 13.9 Å². The van der Waals surface area contributed by atoms with E-state index >= 15 is 0 Å². The third-order valence-corrected chi connectivity index (χ3v) is 9.84. The van der Waals surface area contributed by atoms with Crippen molar-refractivity contribution in [2.75, 3.05) is 9.74 Å². The molecular formula is C25H27FIN3O4. The van der Waals surface area contributed by atoms with Crippen LogP contribution in [0.1, 0.15) is 65.7 Å². The van der Waals surface area contributed by atoms with Crippen molar-refractivity contribution in [3.8, 4) is 0 Å². The Bertz CT molecular complexity index is 1290. The van der Waals surface area contributed by atoms with Crippen molar-refractivity contribution in [2.45, 2.75) is 70.7 Å². The summed E-state index contributed by atoms with van der Waals surface area (Å²) >= 11 is 0.0478. The largest absolute Gasteiger partial charge is 0.458 e. The normalized spacial score (nSPS) is 23.5. The number of anilines is 1. The minimum Gasteiger partial charge on any atom is -0.458 e. The fourth-order valence-electron chi connectivity index (χ4n) is 5.41. The molecule has 1 aromatic heterocycles. The molecule has 2 atom stereocenters. The molecular weight excluding hydrogens is 552 g/mol. The van der Waals surface area contributed by atoms with E-state index in [1.807, 2.05) is 6.92 Å². The van der Waals surface area contributed by atoms with Crippen LogP contribution in [0.5, 0.6) is 0 Å². The highest BCUT2D eigenvalue weighted by molar-refractivity contribution is 14.2. The van der Waals surface area contributed by atoms with Crippen LogP contribution in [0.2, 0.25) is 0 Å². The lowest BCUT2D eigenvalue weighted by Gasteiger charge is -2.31. The molecule has 180 valence electrons. The van der Waals surface area contributed by atoms with Gasteiger partial charge in [-0.1, -0.05) is 10.9 Å². The molecule has 7 nitrogen and oxygen atoms in total. The lowest BCUT2D eigenvalue weighted by molar-refractivity contribution is -0.154. The van der Waals surface area contributed by atoms with Crippen molar-refractivity contribution in [1.29, 1.82) is 0 Å². The summed E-state index contributed by atoms with van der Waals surface area (Å²) in [6, 6.07) is 3.09. The fraction of sp³-hybridized carbons (Fsp3) is 0.480. The first-order valence-corrected chi connectivity index (χ1v) is 14.4. The number of esters is 1. The van der Waals surface area contributed by atoms with E-state index in [1.54, 1.807) is 23.6 Å². The quantitative estimate of drug-likeness (QED) is 0.249. The number of hydrogen-bond acceptors (Lipinski definition) is 6. The molecule has 4 heterocycles. The van der Waals surface area contributed by atoms with Gasteiger partial charge in [-0.2, -0.15) is 0 Å². The maximum Gasteiger partial charge on any atom is 0.342 e. The molecule has 2 aromatic rings. The van der Waals surface area contributed by atoms with Gasteiger partial charge in [0.25, 0.3) is 5.56 Å². The SMILES string of the molecule is CC[C@@]1(N=O)C(=O)OCc2c1cc1n(c2=O)CCC1Nc1cc(F)c(C)c2c1CC=ICCC2. The average molecular weight is 579 g/mol. The smallest absolute Gasteiger partial charge is 0.342 e. The van der Waals surface area contributed by atoms with E-state index in [0.29, 0.717) is 29.8 Å². The molecule has 5 rings (SSSR count). The number of aromatic nitrogens is 1. The van der Waals surface area contributed by atoms with Crippen molar-refractivity contribution in [3.63, 3.8) is 0 Å². The second-order valence-corrected chi connectivity index (χ2v) is 11.9. The van der Waals surface area contributed by atoms with Crippen LogP contribution in [0.25, 0.3) is 0 Å². The zero-order valence-electron chi connectivity index (χ0n) is 19.2. The van der Waals surface area contributed by atoms with Crippen LogP contribution in [-0.2, 0) is 41.1 Å². The van der Waals surface area contributed by atoms with Gasteiger partial charge >= 0.3 is 5.97 Å². The van der Waals surface area contributed by atoms with Gasteiger partial charge in [-0.05, 0) is 77.5 Å². The van der Waals surface area contributed by atoms with E-state index in [2.05, 4.69) is 14.5 Å². The van der Waals surface area contributed by atoms with Gasteiger partial charge in [0.05, 0.1) is 11.6 Å². The summed E-state index contributed by atoms with van der Waals surface area (Å²) in [6.45, 7) is 3.87. The van der Waals surface area contributed by atoms with Crippen LogP contribution in [0.3, 0.4) is 0 Å². The number of carbonyl (C=O) groups excluding carboxylic acids is 1. The van der Waals surface area contributed by atoms with Gasteiger partial charge in [0.2, 0.25) is 5.54 Å². The molecule has 9 heteroatoms. The van der Waals surface area contributed by atoms with Gasteiger partial charge in [0, 0.05) is 23.5 Å². The molecule has 1 aromatic carbocycles. The molecule has 0 aliphatic carbocycles. The number of halogens is 2. The maximum absolute atomic E-state index is 14.9. The van der Waals surface area contributed by atoms with Gasteiger partial charge in [-0.3, -0.25) is 4.79 Å². The number of fused-ring (bicyclic) bond motifs is 3. The van der Waals surface area contributed by atoms with Crippen LogP contribution in [0.4, 0.5) is 10.1 Å². The molecule has 0 amide bonds. The molecule has 0 saturated carbocycles. The summed E-state index contributed by atoms with van der Waals surface area (Å²) in [5, 5.41) is 6.67. The molecule has 0 spiro atoms. The first-order valence-electron chi connectivity index (χ1n) is 11.7. The number of cyclic esters (lactones) is 1. The van der Waals surface area contributed by atoms with E-state index in [-0.39, 0.29) is 51.2 Å². The summed E-state index contributed by atoms with van der Waals surface area (Å²) in [7, 11) is 0. The van der Waals surface area contributed by atoms with Crippen molar-refractivity contribution in [2.24, 2.45) is 5.18 Å². The first kappa shape index (κ1) is 23.3. The van der Waals surface area contributed by atoms with E-state index in [4.69, 9.17) is 4.74 Å². The van der Waals surface area contributed by atoms with E-state index in [0.717, 1.165) is 41.6 Å². The number of nitrogens with zero attached hydrogens (tertiary/aromatic N) is 2. The number of hydrogen-bond donors (Lipinski definition) is 1. The Morgan fingerprint density at radius 1 is 1.29 bits per heavy atom. The number of rotatable bonds is 4. The van der Waals surface area contributed by atoms with Crippen molar-refractivity contribution in [1.82, 2.24) is 4.57 Å². The summed E-state index contributed by atoms with van der Waals surface area (Å²) in [5.41, 5.74) is 3.09. The fourth-order valence-corrected chi connectivity index (χ4v) is 7.43. The number of alkyl halides is 1. The standard InChI is InChI=1S/C25H27FIN3O4/c1-3-25(29-33)18-11-22-20(7-10-30(22)23(31)17(18)13-34-24(25)32)28-21-12-19(26)14(2)15-5-4-8-27-9-6-16(15)21/h9,11-12,20,28H,3-8,10,13H2,1-2H3/t20?,25-/m0/s1. The van der Waals surface area contributed by atoms with E-state index in [1.165, 1.54) is 4.43 Å². The van der Waals surface area contributed by atoms with Gasteiger partial charge in [0.1, 0.15) is 12.4 Å². The van der Waals surface area contributed by atoms with E-state index < -0.39 is 11.5 Å². The number of nitrogens with one attached hydrogen (secondary N) is 1. The predicted molar refractivity (Wildman–Crippen MR) is 137 cm³/mol. The Labute approximate surface area is 206 Å². The maximum atomic E-state index is 14.9. The molecule has 1 N–H and O–H groups in total. The first-order chi connectivity index (χ1) is 16.4. The van der Waals surface area contributed by atoms with Gasteiger partial charge in [-0.15, -0.1) is 25.6 Å². The monoisotopic (exact) mass is 579 g/mol. The Balaban J connectivity index is 1.60. The summed E-state index contributed by atoms with van der Waals surface area (Å²) in [5.74, 6) is -0.944. The number of ether oxygens (including phenoxy) is 1. The minimum atomic E-state index is -1.71. The van der Waals surface area contributed by atoms with Crippen LogP contribution in [-0.4, -0.2) is 19.0 Å². The van der Waals surface area contributed by atoms with Crippen LogP contribution < -0.4 is 10.9 Å². The number of nitroso groups, excluding NO2 is 1. The second kappa shape index (κ2) is 8.98. The van der Waals surface area contributed by atoms with Gasteiger partial charge in [-0.25, -0.2) is 9.18 Å². The Hall–Kier alpha value is -2.43. The second-order valence-electron chi connectivity index (χ2n) is 9.08. The van der Waals surface area contributed by atoms with Crippen molar-refractivity contribution >= 4 is 36.4 Å². The third-order valence-electron chi connectivity index (χ3n) is 7.39. The topological polar surface area (TPSA) is 89.8 Å². The lowest BCUT2D eigenvalue weighted by Crippen LogP contribution is -2.43. The summed E-state index contributed by atoms with van der Waals surface area (Å²) in [4.78, 5) is 37.7. The summed E-state index contributed by atoms with van der Waals surface area (Å²) < 4.78 is 25.3. The number of benzene rings is 1. The van der Waals surface area contributed by atoms with Crippen LogP contribution in [0, 0.1) is 17.6 Å². The highest BCUT2D eigenvalue weighted by atomic mass is 127. The Kier molecular flexibility index (Phi) is 6.16. The molecule has 0 fully saturated rings. The molecule has 1 unspecified atom stereocenters. The van der Waals surface area contributed by atoms with Crippen molar-refractivity contribution in [3.05, 3.63) is 66.7 Å². The predicted octanol–water partition coefficient (Wildman–Crippen LogP) is 4.54. The van der Waals surface area contributed by atoms with E-state index in [9.17, 15) is 18.9 Å². The highest BCUT2D eigenvalue weighted by Gasteiger charge is 2.49. The number of pyridine rings is 1. The molecule has 34 heavy (non-hydrogen) atoms. The molecule has 0 saturated heterocycles. The lowest BCUT2D eigenvalue weighted by atomic mass is 9.83. The Morgan fingerprint density at radius 3 is 2.88 bits per heavy atom.